The molecule has 0 atom stereocenters. The van der Waals surface area contributed by atoms with Gasteiger partial charge in [0.1, 0.15) is 0 Å². The van der Waals surface area contributed by atoms with Crippen molar-refractivity contribution in [2.45, 2.75) is 19.8 Å². The Morgan fingerprint density at radius 1 is 0.500 bits per heavy atom. The van der Waals surface area contributed by atoms with Crippen LogP contribution in [0.5, 0.6) is 0 Å². The van der Waals surface area contributed by atoms with E-state index in [0.717, 1.165) is 0 Å². The average molecular weight is 411 g/mol. The van der Waals surface area contributed by atoms with Crippen molar-refractivity contribution in [2.24, 2.45) is 0 Å². The highest BCUT2D eigenvalue weighted by atomic mass is 31.1. The van der Waals surface area contributed by atoms with Gasteiger partial charge in [-0.3, -0.25) is 14.7 Å². The van der Waals surface area contributed by atoms with Gasteiger partial charge in [-0.2, -0.15) is 0 Å². The molecule has 0 spiro atoms. The summed E-state index contributed by atoms with van der Waals surface area (Å²) in [5, 5.41) is 0. The lowest BCUT2D eigenvalue weighted by atomic mass is 10.2. The molecule has 7 heteroatoms. The standard InChI is InChI=1S/C21H43N6P/c1-2-22-7-13-25(14-8-22)19-28-20-26-15-9-23(10-16-26)5-3-4-6-24-11-17-27(21-28)18-12-24/h2-21H2,1H3. The van der Waals surface area contributed by atoms with Gasteiger partial charge < -0.3 is 14.7 Å². The first-order valence-electron chi connectivity index (χ1n) is 11.8. The molecule has 0 aromatic rings. The van der Waals surface area contributed by atoms with Crippen LogP contribution in [-0.2, 0) is 0 Å². The van der Waals surface area contributed by atoms with Crippen molar-refractivity contribution < 1.29 is 0 Å². The summed E-state index contributed by atoms with van der Waals surface area (Å²) >= 11 is 0. The summed E-state index contributed by atoms with van der Waals surface area (Å²) in [6.07, 6.45) is 6.88. The van der Waals surface area contributed by atoms with Gasteiger partial charge in [-0.25, -0.2) is 0 Å². The number of hydrogen-bond donors (Lipinski definition) is 0. The monoisotopic (exact) mass is 410 g/mol. The molecule has 0 radical (unpaired) electrons. The fraction of sp³-hybridized carbons (Fsp3) is 1.00. The van der Waals surface area contributed by atoms with Gasteiger partial charge in [-0.05, 0) is 32.5 Å². The van der Waals surface area contributed by atoms with E-state index in [1.807, 2.05) is 0 Å². The van der Waals surface area contributed by atoms with E-state index in [9.17, 15) is 0 Å². The normalized spacial score (nSPS) is 39.5. The number of piperazine rings is 3. The Hall–Kier alpha value is 0.190. The Morgan fingerprint density at radius 2 is 0.929 bits per heavy atom. The quantitative estimate of drug-likeness (QED) is 0.643. The minimum atomic E-state index is 0.0530. The van der Waals surface area contributed by atoms with E-state index in [1.165, 1.54) is 130 Å². The molecule has 0 aromatic carbocycles. The summed E-state index contributed by atoms with van der Waals surface area (Å²) in [7, 11) is 0.0530. The summed E-state index contributed by atoms with van der Waals surface area (Å²) in [6.45, 7) is 21.7. The van der Waals surface area contributed by atoms with Gasteiger partial charge in [-0.15, -0.1) is 0 Å². The molecule has 0 saturated carbocycles. The maximum absolute atomic E-state index is 2.81. The van der Waals surface area contributed by atoms with Crippen LogP contribution in [0.3, 0.4) is 0 Å². The van der Waals surface area contributed by atoms with Crippen LogP contribution in [-0.4, -0.2) is 146 Å². The Morgan fingerprint density at radius 3 is 1.39 bits per heavy atom. The lowest BCUT2D eigenvalue weighted by molar-refractivity contribution is 0.138. The van der Waals surface area contributed by atoms with Gasteiger partial charge in [0.15, 0.2) is 0 Å². The van der Waals surface area contributed by atoms with Crippen LogP contribution in [0, 0.1) is 0 Å². The lowest BCUT2D eigenvalue weighted by Crippen LogP contribution is -2.49. The third-order valence-corrected chi connectivity index (χ3v) is 9.64. The van der Waals surface area contributed by atoms with E-state index < -0.39 is 0 Å². The van der Waals surface area contributed by atoms with Crippen LogP contribution in [0.1, 0.15) is 19.8 Å². The summed E-state index contributed by atoms with van der Waals surface area (Å²) < 4.78 is 0. The van der Waals surface area contributed by atoms with Gasteiger partial charge in [0, 0.05) is 97.4 Å². The van der Waals surface area contributed by atoms with Crippen molar-refractivity contribution in [3.05, 3.63) is 0 Å². The van der Waals surface area contributed by atoms with E-state index in [4.69, 9.17) is 0 Å². The van der Waals surface area contributed by atoms with Crippen molar-refractivity contribution in [3.63, 3.8) is 0 Å². The van der Waals surface area contributed by atoms with Crippen molar-refractivity contribution in [3.8, 4) is 0 Å². The lowest BCUT2D eigenvalue weighted by Gasteiger charge is -2.41. The van der Waals surface area contributed by atoms with Crippen molar-refractivity contribution in [1.82, 2.24) is 29.4 Å². The van der Waals surface area contributed by atoms with Crippen LogP contribution >= 0.6 is 7.92 Å². The Bertz CT molecular complexity index is 414. The topological polar surface area (TPSA) is 19.4 Å². The van der Waals surface area contributed by atoms with Crippen LogP contribution in [0.4, 0.5) is 0 Å². The first-order valence-corrected chi connectivity index (χ1v) is 13.7. The highest BCUT2D eigenvalue weighted by Crippen LogP contribution is 2.38. The molecular formula is C21H43N6P. The van der Waals surface area contributed by atoms with Crippen LogP contribution in [0.25, 0.3) is 0 Å². The van der Waals surface area contributed by atoms with Gasteiger partial charge in [-0.1, -0.05) is 14.8 Å². The second kappa shape index (κ2) is 11.0. The maximum Gasteiger partial charge on any atom is 0.0208 e. The molecule has 0 amide bonds. The molecule has 0 N–H and O–H groups in total. The predicted molar refractivity (Wildman–Crippen MR) is 120 cm³/mol. The first kappa shape index (κ1) is 21.4. The molecular weight excluding hydrogens is 367 g/mol. The molecule has 4 bridgehead atoms. The molecule has 7 saturated heterocycles. The highest BCUT2D eigenvalue weighted by Gasteiger charge is 2.26. The SMILES string of the molecule is CCN1CCN(CP2CN3CCN(CCCCN4CCN(CC4)C2)CC3)CC1. The van der Waals surface area contributed by atoms with Crippen LogP contribution in [0.15, 0.2) is 0 Å². The van der Waals surface area contributed by atoms with Crippen molar-refractivity contribution in [2.75, 3.05) is 117 Å². The molecule has 7 rings (SSSR count). The molecule has 0 aromatic heterocycles. The van der Waals surface area contributed by atoms with Gasteiger partial charge in [0.05, 0.1) is 0 Å². The second-order valence-electron chi connectivity index (χ2n) is 9.27. The minimum absolute atomic E-state index is 0.0530. The summed E-state index contributed by atoms with van der Waals surface area (Å²) in [5.74, 6) is 0. The fourth-order valence-corrected chi connectivity index (χ4v) is 8.02. The van der Waals surface area contributed by atoms with Crippen LogP contribution in [0.2, 0.25) is 0 Å². The van der Waals surface area contributed by atoms with Crippen molar-refractivity contribution in [1.29, 1.82) is 0 Å². The van der Waals surface area contributed by atoms with Gasteiger partial charge in [0.25, 0.3) is 0 Å². The summed E-state index contributed by atoms with van der Waals surface area (Å²) in [6, 6.07) is 0. The van der Waals surface area contributed by atoms with E-state index in [0.29, 0.717) is 0 Å². The van der Waals surface area contributed by atoms with Crippen molar-refractivity contribution >= 4 is 7.92 Å². The summed E-state index contributed by atoms with van der Waals surface area (Å²) in [4.78, 5) is 16.5. The number of likely N-dealkylation sites (N-methyl/N-ethyl adjacent to an activating group) is 1. The zero-order valence-electron chi connectivity index (χ0n) is 18.3. The highest BCUT2D eigenvalue weighted by molar-refractivity contribution is 7.57. The molecule has 0 unspecified atom stereocenters. The van der Waals surface area contributed by atoms with E-state index in [2.05, 4.69) is 36.3 Å². The molecule has 7 fully saturated rings. The number of rotatable bonds is 3. The molecule has 7 aliphatic heterocycles. The number of nitrogens with zero attached hydrogens (tertiary/aromatic N) is 6. The molecule has 0 aliphatic carbocycles. The minimum Gasteiger partial charge on any atom is -0.301 e. The third kappa shape index (κ3) is 6.34. The average Bonchev–Trinajstić information content (AvgIpc) is 2.75. The Labute approximate surface area is 174 Å². The van der Waals surface area contributed by atoms with Gasteiger partial charge in [0.2, 0.25) is 0 Å². The molecule has 6 nitrogen and oxygen atoms in total. The molecule has 162 valence electrons. The second-order valence-corrected chi connectivity index (χ2v) is 11.5. The maximum atomic E-state index is 2.81. The van der Waals surface area contributed by atoms with Crippen LogP contribution < -0.4 is 0 Å². The van der Waals surface area contributed by atoms with E-state index >= 15 is 0 Å². The summed E-state index contributed by atoms with van der Waals surface area (Å²) in [5.41, 5.74) is 0. The largest absolute Gasteiger partial charge is 0.301 e. The molecule has 7 aliphatic rings. The number of hydrogen-bond acceptors (Lipinski definition) is 6. The van der Waals surface area contributed by atoms with E-state index in [-0.39, 0.29) is 7.92 Å². The Kier molecular flexibility index (Phi) is 8.41. The van der Waals surface area contributed by atoms with E-state index in [1.54, 1.807) is 0 Å². The zero-order valence-corrected chi connectivity index (χ0v) is 19.2. The fourth-order valence-electron chi connectivity index (χ4n) is 5.21. The predicted octanol–water partition coefficient (Wildman–Crippen LogP) is 1.01. The van der Waals surface area contributed by atoms with Gasteiger partial charge >= 0.3 is 0 Å². The smallest absolute Gasteiger partial charge is 0.0208 e. The third-order valence-electron chi connectivity index (χ3n) is 7.24. The molecule has 28 heavy (non-hydrogen) atoms. The first-order chi connectivity index (χ1) is 13.8. The zero-order chi connectivity index (χ0) is 19.2. The Balaban J connectivity index is 1.36. The molecule has 7 heterocycles.